The number of thiophene rings is 1. The highest BCUT2D eigenvalue weighted by molar-refractivity contribution is 7.20. The molecule has 0 aliphatic carbocycles. The Morgan fingerprint density at radius 2 is 2.04 bits per heavy atom. The number of aryl methyl sites for hydroxylation is 2. The third-order valence-corrected chi connectivity index (χ3v) is 5.88. The second-order valence-corrected chi connectivity index (χ2v) is 7.55. The van der Waals surface area contributed by atoms with E-state index in [4.69, 9.17) is 5.73 Å². The normalized spacial score (nSPS) is 13.0. The van der Waals surface area contributed by atoms with Crippen LogP contribution in [0.15, 0.2) is 6.07 Å². The average molecular weight is 366 g/mol. The summed E-state index contributed by atoms with van der Waals surface area (Å²) in [5.41, 5.74) is 6.67. The molecule has 2 amide bonds. The molecule has 0 aromatic carbocycles. The summed E-state index contributed by atoms with van der Waals surface area (Å²) in [6.07, 6.45) is 1.55. The minimum Gasteiger partial charge on any atom is -0.352 e. The summed E-state index contributed by atoms with van der Waals surface area (Å²) in [6, 6.07) is 1.19. The molecule has 2 aromatic rings. The first-order valence-electron chi connectivity index (χ1n) is 8.51. The van der Waals surface area contributed by atoms with E-state index in [1.54, 1.807) is 11.6 Å². The van der Waals surface area contributed by atoms with Crippen LogP contribution in [0.4, 0.5) is 0 Å². The van der Waals surface area contributed by atoms with Crippen LogP contribution in [0.1, 0.15) is 49.0 Å². The summed E-state index contributed by atoms with van der Waals surface area (Å²) >= 11 is 1.37. The Morgan fingerprint density at radius 1 is 1.40 bits per heavy atom. The smallest absolute Gasteiger partial charge is 0.262 e. The van der Waals surface area contributed by atoms with Crippen molar-refractivity contribution in [2.24, 2.45) is 12.8 Å². The molecule has 8 heteroatoms. The number of hydrogen-bond donors (Lipinski definition) is 3. The molecule has 2 aromatic heterocycles. The van der Waals surface area contributed by atoms with Crippen LogP contribution >= 0.6 is 11.3 Å². The van der Waals surface area contributed by atoms with Crippen molar-refractivity contribution >= 4 is 33.4 Å². The largest absolute Gasteiger partial charge is 0.352 e. The van der Waals surface area contributed by atoms with Gasteiger partial charge in [-0.1, -0.05) is 13.8 Å². The van der Waals surface area contributed by atoms with Gasteiger partial charge in [-0.15, -0.1) is 11.3 Å². The van der Waals surface area contributed by atoms with Gasteiger partial charge in [0.2, 0.25) is 5.91 Å². The van der Waals surface area contributed by atoms with Gasteiger partial charge in [-0.05, 0) is 32.8 Å². The molecule has 0 saturated heterocycles. The van der Waals surface area contributed by atoms with E-state index in [-0.39, 0.29) is 11.8 Å². The molecule has 0 bridgehead atoms. The molecule has 0 spiro atoms. The van der Waals surface area contributed by atoms with E-state index in [9.17, 15) is 9.59 Å². The van der Waals surface area contributed by atoms with E-state index in [0.717, 1.165) is 28.8 Å². The topological polar surface area (TPSA) is 102 Å². The predicted molar refractivity (Wildman–Crippen MR) is 101 cm³/mol. The lowest BCUT2D eigenvalue weighted by molar-refractivity contribution is -0.122. The summed E-state index contributed by atoms with van der Waals surface area (Å²) in [5.74, 6) is -0.489. The van der Waals surface area contributed by atoms with E-state index in [2.05, 4.69) is 15.7 Å². The van der Waals surface area contributed by atoms with E-state index in [0.29, 0.717) is 11.4 Å². The molecule has 1 unspecified atom stereocenters. The molecule has 7 nitrogen and oxygen atoms in total. The zero-order valence-electron chi connectivity index (χ0n) is 15.5. The van der Waals surface area contributed by atoms with Crippen molar-refractivity contribution in [2.75, 3.05) is 6.54 Å². The molecular weight excluding hydrogens is 338 g/mol. The highest BCUT2D eigenvalue weighted by atomic mass is 32.1. The minimum absolute atomic E-state index is 0.232. The first-order valence-corrected chi connectivity index (χ1v) is 9.33. The highest BCUT2D eigenvalue weighted by Gasteiger charge is 2.24. The molecular formula is C17H27N5O2S. The van der Waals surface area contributed by atoms with Crippen LogP contribution in [0.5, 0.6) is 0 Å². The maximum Gasteiger partial charge on any atom is 0.262 e. The number of nitrogens with two attached hydrogens (primary N) is 1. The SMILES string of the molecule is CCC(N)(CC)CNC(=O)C(C)NC(=O)c1cc2c(C)nn(C)c2s1. The van der Waals surface area contributed by atoms with Crippen molar-refractivity contribution in [1.29, 1.82) is 0 Å². The molecule has 0 radical (unpaired) electrons. The van der Waals surface area contributed by atoms with Gasteiger partial charge in [0.05, 0.1) is 10.6 Å². The van der Waals surface area contributed by atoms with Gasteiger partial charge in [-0.2, -0.15) is 5.10 Å². The van der Waals surface area contributed by atoms with E-state index in [1.807, 2.05) is 33.9 Å². The molecule has 0 aliphatic rings. The number of hydrogen-bond acceptors (Lipinski definition) is 5. The molecule has 1 atom stereocenters. The lowest BCUT2D eigenvalue weighted by Crippen LogP contribution is -2.53. The van der Waals surface area contributed by atoms with E-state index < -0.39 is 11.6 Å². The molecule has 0 saturated carbocycles. The van der Waals surface area contributed by atoms with Gasteiger partial charge in [0, 0.05) is 24.5 Å². The minimum atomic E-state index is -0.630. The number of aromatic nitrogens is 2. The van der Waals surface area contributed by atoms with Crippen LogP contribution < -0.4 is 16.4 Å². The van der Waals surface area contributed by atoms with Crippen LogP contribution in [0.25, 0.3) is 10.2 Å². The predicted octanol–water partition coefficient (Wildman–Crippen LogP) is 1.70. The molecule has 0 aliphatic heterocycles. The van der Waals surface area contributed by atoms with Crippen molar-refractivity contribution in [1.82, 2.24) is 20.4 Å². The number of nitrogens with zero attached hydrogens (tertiary/aromatic N) is 2. The Hall–Kier alpha value is -1.93. The molecule has 25 heavy (non-hydrogen) atoms. The van der Waals surface area contributed by atoms with Crippen LogP contribution in [0.3, 0.4) is 0 Å². The van der Waals surface area contributed by atoms with Gasteiger partial charge in [0.1, 0.15) is 10.9 Å². The van der Waals surface area contributed by atoms with Crippen molar-refractivity contribution in [3.05, 3.63) is 16.6 Å². The van der Waals surface area contributed by atoms with Gasteiger partial charge in [0.15, 0.2) is 0 Å². The number of carbonyl (C=O) groups is 2. The molecule has 2 heterocycles. The second-order valence-electron chi connectivity index (χ2n) is 6.52. The van der Waals surface area contributed by atoms with Gasteiger partial charge in [0.25, 0.3) is 5.91 Å². The summed E-state index contributed by atoms with van der Waals surface area (Å²) < 4.78 is 1.76. The molecule has 4 N–H and O–H groups in total. The summed E-state index contributed by atoms with van der Waals surface area (Å²) in [7, 11) is 1.85. The summed E-state index contributed by atoms with van der Waals surface area (Å²) in [5, 5.41) is 10.9. The standard InChI is InChI=1S/C17H27N5O2S/c1-6-17(18,7-2)9-19-14(23)11(4)20-15(24)13-8-12-10(3)21-22(5)16(12)25-13/h8,11H,6-7,9,18H2,1-5H3,(H,19,23)(H,20,24). The first kappa shape index (κ1) is 19.4. The Morgan fingerprint density at radius 3 is 2.60 bits per heavy atom. The molecule has 0 fully saturated rings. The molecule has 2 rings (SSSR count). The van der Waals surface area contributed by atoms with Crippen LogP contribution in [0, 0.1) is 6.92 Å². The zero-order valence-corrected chi connectivity index (χ0v) is 16.3. The average Bonchev–Trinajstić information content (AvgIpc) is 3.14. The zero-order chi connectivity index (χ0) is 18.8. The number of nitrogens with one attached hydrogen (secondary N) is 2. The highest BCUT2D eigenvalue weighted by Crippen LogP contribution is 2.27. The van der Waals surface area contributed by atoms with Crippen molar-refractivity contribution in [3.8, 4) is 0 Å². The number of rotatable bonds is 7. The van der Waals surface area contributed by atoms with Crippen LogP contribution in [-0.4, -0.2) is 39.7 Å². The Kier molecular flexibility index (Phi) is 5.84. The van der Waals surface area contributed by atoms with Crippen molar-refractivity contribution in [3.63, 3.8) is 0 Å². The lowest BCUT2D eigenvalue weighted by Gasteiger charge is -2.27. The van der Waals surface area contributed by atoms with Gasteiger partial charge < -0.3 is 16.4 Å². The lowest BCUT2D eigenvalue weighted by atomic mass is 9.94. The Labute approximate surface area is 152 Å². The second kappa shape index (κ2) is 7.53. The number of fused-ring (bicyclic) bond motifs is 1. The maximum absolute atomic E-state index is 12.4. The summed E-state index contributed by atoms with van der Waals surface area (Å²) in [4.78, 5) is 26.2. The third-order valence-electron chi connectivity index (χ3n) is 4.68. The van der Waals surface area contributed by atoms with E-state index >= 15 is 0 Å². The Balaban J connectivity index is 1.98. The van der Waals surface area contributed by atoms with Crippen molar-refractivity contribution in [2.45, 2.75) is 52.1 Å². The Bertz CT molecular complexity index is 741. The van der Waals surface area contributed by atoms with Gasteiger partial charge in [-0.3, -0.25) is 14.3 Å². The maximum atomic E-state index is 12.4. The fourth-order valence-electron chi connectivity index (χ4n) is 2.57. The number of amides is 2. The van der Waals surface area contributed by atoms with Crippen molar-refractivity contribution < 1.29 is 9.59 Å². The quantitative estimate of drug-likeness (QED) is 0.695. The van der Waals surface area contributed by atoms with Crippen LogP contribution in [0.2, 0.25) is 0 Å². The first-order chi connectivity index (χ1) is 11.7. The molecule has 138 valence electrons. The van der Waals surface area contributed by atoms with Gasteiger partial charge >= 0.3 is 0 Å². The number of carbonyl (C=O) groups excluding carboxylic acids is 2. The monoisotopic (exact) mass is 365 g/mol. The fraction of sp³-hybridized carbons (Fsp3) is 0.588. The fourth-order valence-corrected chi connectivity index (χ4v) is 3.59. The van der Waals surface area contributed by atoms with Crippen LogP contribution in [-0.2, 0) is 11.8 Å². The summed E-state index contributed by atoms with van der Waals surface area (Å²) in [6.45, 7) is 7.97. The third kappa shape index (κ3) is 4.19. The van der Waals surface area contributed by atoms with E-state index in [1.165, 1.54) is 11.3 Å². The van der Waals surface area contributed by atoms with Gasteiger partial charge in [-0.25, -0.2) is 0 Å².